The third-order valence-corrected chi connectivity index (χ3v) is 6.73. The molecule has 1 amide bonds. The number of rotatable bonds is 11. The Morgan fingerprint density at radius 1 is 1.00 bits per heavy atom. The van der Waals surface area contributed by atoms with Crippen LogP contribution >= 0.6 is 11.3 Å². The maximum atomic E-state index is 13.7. The first-order chi connectivity index (χ1) is 16.6. The number of furan rings is 1. The van der Waals surface area contributed by atoms with Crippen LogP contribution in [0.4, 0.5) is 5.13 Å². The smallest absolute Gasteiger partial charge is 0.295 e. The highest BCUT2D eigenvalue weighted by molar-refractivity contribution is 7.22. The van der Waals surface area contributed by atoms with Gasteiger partial charge in [0, 0.05) is 18.5 Å². The number of ether oxygens (including phenoxy) is 2. The summed E-state index contributed by atoms with van der Waals surface area (Å²) in [5.74, 6) is 1.50. The Hall–Kier alpha value is -3.10. The number of anilines is 1. The number of amides is 1. The Kier molecular flexibility index (Phi) is 7.70. The van der Waals surface area contributed by atoms with Gasteiger partial charge in [0.1, 0.15) is 5.75 Å². The van der Waals surface area contributed by atoms with Gasteiger partial charge in [-0.2, -0.15) is 0 Å². The number of carbonyl (C=O) groups excluding carboxylic acids is 1. The number of aromatic nitrogens is 1. The van der Waals surface area contributed by atoms with E-state index in [1.807, 2.05) is 50.2 Å². The van der Waals surface area contributed by atoms with Crippen molar-refractivity contribution in [1.82, 2.24) is 9.88 Å². The molecule has 0 saturated heterocycles. The fraction of sp³-hybridized carbons (Fsp3) is 0.385. The second-order valence-electron chi connectivity index (χ2n) is 7.76. The van der Waals surface area contributed by atoms with Crippen molar-refractivity contribution < 1.29 is 18.7 Å². The van der Waals surface area contributed by atoms with E-state index in [2.05, 4.69) is 18.7 Å². The van der Waals surface area contributed by atoms with E-state index in [0.717, 1.165) is 41.0 Å². The fourth-order valence-corrected chi connectivity index (χ4v) is 4.89. The average molecular weight is 482 g/mol. The highest BCUT2D eigenvalue weighted by Gasteiger charge is 2.25. The number of nitrogens with zero attached hydrogens (tertiary/aromatic N) is 3. The number of para-hydroxylation sites is 1. The average Bonchev–Trinajstić information content (AvgIpc) is 3.46. The Morgan fingerprint density at radius 2 is 1.79 bits per heavy atom. The summed E-state index contributed by atoms with van der Waals surface area (Å²) in [7, 11) is 0. The molecule has 2 heterocycles. The molecule has 4 aromatic rings. The SMILES string of the molecule is CCOc1ccc2nc(N(CCN(CC)CC)C(=O)c3cc4cccc(OCC)c4o3)sc2c1. The molecule has 0 atom stereocenters. The molecule has 2 aromatic carbocycles. The molecule has 34 heavy (non-hydrogen) atoms. The van der Waals surface area contributed by atoms with Gasteiger partial charge >= 0.3 is 0 Å². The number of thiazole rings is 1. The molecule has 0 N–H and O–H groups in total. The van der Waals surface area contributed by atoms with Gasteiger partial charge in [0.25, 0.3) is 5.91 Å². The fourth-order valence-electron chi connectivity index (χ4n) is 3.87. The van der Waals surface area contributed by atoms with Crippen LogP contribution in [0.3, 0.4) is 0 Å². The van der Waals surface area contributed by atoms with Crippen molar-refractivity contribution in [2.45, 2.75) is 27.7 Å². The predicted molar refractivity (Wildman–Crippen MR) is 138 cm³/mol. The van der Waals surface area contributed by atoms with Crippen LogP contribution in [0.15, 0.2) is 46.9 Å². The van der Waals surface area contributed by atoms with Crippen LogP contribution in [0.25, 0.3) is 21.2 Å². The number of carbonyl (C=O) groups is 1. The topological polar surface area (TPSA) is 68.0 Å². The lowest BCUT2D eigenvalue weighted by Gasteiger charge is -2.24. The molecular weight excluding hydrogens is 450 g/mol. The quantitative estimate of drug-likeness (QED) is 0.269. The third kappa shape index (κ3) is 5.03. The number of hydrogen-bond donors (Lipinski definition) is 0. The van der Waals surface area contributed by atoms with Gasteiger partial charge in [-0.3, -0.25) is 9.69 Å². The summed E-state index contributed by atoms with van der Waals surface area (Å²) in [6.07, 6.45) is 0. The lowest BCUT2D eigenvalue weighted by atomic mass is 10.2. The molecule has 0 aliphatic carbocycles. The second-order valence-corrected chi connectivity index (χ2v) is 8.77. The molecule has 7 nitrogen and oxygen atoms in total. The largest absolute Gasteiger partial charge is 0.494 e. The molecule has 0 unspecified atom stereocenters. The summed E-state index contributed by atoms with van der Waals surface area (Å²) in [6.45, 7) is 12.3. The zero-order valence-corrected chi connectivity index (χ0v) is 21.0. The highest BCUT2D eigenvalue weighted by Crippen LogP contribution is 2.34. The van der Waals surface area contributed by atoms with Crippen molar-refractivity contribution in [3.05, 3.63) is 48.2 Å². The van der Waals surface area contributed by atoms with Crippen molar-refractivity contribution in [3.63, 3.8) is 0 Å². The van der Waals surface area contributed by atoms with Crippen LogP contribution in [0, 0.1) is 0 Å². The lowest BCUT2D eigenvalue weighted by molar-refractivity contribution is 0.0959. The van der Waals surface area contributed by atoms with Gasteiger partial charge in [-0.1, -0.05) is 37.3 Å². The molecule has 0 spiro atoms. The normalized spacial score (nSPS) is 11.4. The molecule has 0 aliphatic rings. The second kappa shape index (κ2) is 10.9. The van der Waals surface area contributed by atoms with Crippen LogP contribution in [0.2, 0.25) is 0 Å². The van der Waals surface area contributed by atoms with Gasteiger partial charge in [-0.25, -0.2) is 4.98 Å². The van der Waals surface area contributed by atoms with E-state index in [1.165, 1.54) is 11.3 Å². The van der Waals surface area contributed by atoms with Crippen LogP contribution in [0.5, 0.6) is 11.5 Å². The van der Waals surface area contributed by atoms with Gasteiger partial charge in [-0.15, -0.1) is 0 Å². The molecule has 0 aliphatic heterocycles. The maximum Gasteiger partial charge on any atom is 0.295 e. The summed E-state index contributed by atoms with van der Waals surface area (Å²) < 4.78 is 18.3. The molecule has 0 bridgehead atoms. The zero-order chi connectivity index (χ0) is 24.1. The standard InChI is InChI=1S/C26H31N3O4S/c1-5-28(6-2)14-15-29(26-27-20-13-12-19(31-7-3)17-23(20)34-26)25(30)22-16-18-10-9-11-21(32-8-4)24(18)33-22/h9-13,16-17H,5-8,14-15H2,1-4H3. The molecule has 2 aromatic heterocycles. The molecule has 4 rings (SSSR count). The Morgan fingerprint density at radius 3 is 2.53 bits per heavy atom. The van der Waals surface area contributed by atoms with E-state index >= 15 is 0 Å². The van der Waals surface area contributed by atoms with Crippen LogP contribution in [-0.4, -0.2) is 55.2 Å². The van der Waals surface area contributed by atoms with Crippen molar-refractivity contribution in [2.75, 3.05) is 44.3 Å². The Bertz CT molecular complexity index is 1260. The van der Waals surface area contributed by atoms with Crippen LogP contribution in [-0.2, 0) is 0 Å². The molecule has 0 saturated carbocycles. The van der Waals surface area contributed by atoms with Crippen molar-refractivity contribution >= 4 is 43.6 Å². The monoisotopic (exact) mass is 481 g/mol. The van der Waals surface area contributed by atoms with Gasteiger partial charge in [0.15, 0.2) is 22.2 Å². The summed E-state index contributed by atoms with van der Waals surface area (Å²) in [5, 5.41) is 1.48. The molecule has 0 radical (unpaired) electrons. The van der Waals surface area contributed by atoms with Gasteiger partial charge in [0.05, 0.1) is 23.4 Å². The Balaban J connectivity index is 1.71. The molecular formula is C26H31N3O4S. The van der Waals surface area contributed by atoms with E-state index < -0.39 is 0 Å². The van der Waals surface area contributed by atoms with Gasteiger partial charge in [-0.05, 0) is 57.3 Å². The molecule has 180 valence electrons. The maximum absolute atomic E-state index is 13.7. The molecule has 8 heteroatoms. The summed E-state index contributed by atoms with van der Waals surface area (Å²) in [4.78, 5) is 22.5. The molecule has 0 fully saturated rings. The zero-order valence-electron chi connectivity index (χ0n) is 20.2. The first-order valence-electron chi connectivity index (χ1n) is 11.8. The minimum atomic E-state index is -0.213. The number of hydrogen-bond acceptors (Lipinski definition) is 7. The van der Waals surface area contributed by atoms with Crippen LogP contribution in [0.1, 0.15) is 38.2 Å². The van der Waals surface area contributed by atoms with E-state index in [9.17, 15) is 4.79 Å². The Labute approximate surface area is 203 Å². The minimum absolute atomic E-state index is 0.213. The van der Waals surface area contributed by atoms with E-state index in [1.54, 1.807) is 11.0 Å². The highest BCUT2D eigenvalue weighted by atomic mass is 32.1. The van der Waals surface area contributed by atoms with Crippen molar-refractivity contribution in [3.8, 4) is 11.5 Å². The van der Waals surface area contributed by atoms with Crippen molar-refractivity contribution in [1.29, 1.82) is 0 Å². The third-order valence-electron chi connectivity index (χ3n) is 5.69. The summed E-state index contributed by atoms with van der Waals surface area (Å²) in [6, 6.07) is 13.3. The lowest BCUT2D eigenvalue weighted by Crippen LogP contribution is -2.38. The number of likely N-dealkylation sites (N-methyl/N-ethyl adjacent to an activating group) is 1. The summed E-state index contributed by atoms with van der Waals surface area (Å²) >= 11 is 1.48. The van der Waals surface area contributed by atoms with Crippen molar-refractivity contribution in [2.24, 2.45) is 0 Å². The van der Waals surface area contributed by atoms with E-state index in [-0.39, 0.29) is 11.7 Å². The summed E-state index contributed by atoms with van der Waals surface area (Å²) in [5.41, 5.74) is 1.43. The van der Waals surface area contributed by atoms with Crippen LogP contribution < -0.4 is 14.4 Å². The number of fused-ring (bicyclic) bond motifs is 2. The van der Waals surface area contributed by atoms with E-state index in [4.69, 9.17) is 18.9 Å². The van der Waals surface area contributed by atoms with E-state index in [0.29, 0.717) is 36.2 Å². The van der Waals surface area contributed by atoms with Gasteiger partial charge < -0.3 is 18.8 Å². The first kappa shape index (κ1) is 24.0. The minimum Gasteiger partial charge on any atom is -0.494 e. The predicted octanol–water partition coefficient (Wildman–Crippen LogP) is 5.83. The first-order valence-corrected chi connectivity index (χ1v) is 12.6. The van der Waals surface area contributed by atoms with Gasteiger partial charge in [0.2, 0.25) is 0 Å². The number of benzene rings is 2.